The number of hydrogen-bond donors (Lipinski definition) is 1. The van der Waals surface area contributed by atoms with Gasteiger partial charge in [-0.1, -0.05) is 17.7 Å². The molecular formula is C17H18O3. The van der Waals surface area contributed by atoms with Crippen molar-refractivity contribution < 1.29 is 14.6 Å². The number of hydrogen-bond acceptors (Lipinski definition) is 3. The van der Waals surface area contributed by atoms with E-state index in [0.717, 1.165) is 17.7 Å². The van der Waals surface area contributed by atoms with Gasteiger partial charge < -0.3 is 14.6 Å². The average molecular weight is 270 g/mol. The first-order valence-corrected chi connectivity index (χ1v) is 6.80. The van der Waals surface area contributed by atoms with Crippen LogP contribution >= 0.6 is 0 Å². The fraction of sp³-hybridized carbons (Fsp3) is 0.294. The molecule has 0 spiro atoms. The second-order valence-electron chi connectivity index (χ2n) is 5.37. The molecule has 3 nitrogen and oxygen atoms in total. The van der Waals surface area contributed by atoms with Crippen molar-refractivity contribution in [2.24, 2.45) is 0 Å². The van der Waals surface area contributed by atoms with Gasteiger partial charge in [-0.3, -0.25) is 0 Å². The third-order valence-corrected chi connectivity index (χ3v) is 3.43. The van der Waals surface area contributed by atoms with Gasteiger partial charge in [0.1, 0.15) is 30.0 Å². The molecule has 1 aliphatic heterocycles. The van der Waals surface area contributed by atoms with E-state index in [-0.39, 0.29) is 11.9 Å². The summed E-state index contributed by atoms with van der Waals surface area (Å²) in [6.45, 7) is 4.49. The lowest BCUT2D eigenvalue weighted by atomic mass is 10.1. The van der Waals surface area contributed by atoms with E-state index in [2.05, 4.69) is 19.1 Å². The highest BCUT2D eigenvalue weighted by Gasteiger charge is 2.23. The van der Waals surface area contributed by atoms with Crippen LogP contribution in [0, 0.1) is 13.8 Å². The second-order valence-corrected chi connectivity index (χ2v) is 5.37. The van der Waals surface area contributed by atoms with Gasteiger partial charge in [-0.25, -0.2) is 0 Å². The van der Waals surface area contributed by atoms with Crippen molar-refractivity contribution in [2.75, 3.05) is 6.61 Å². The molecule has 0 bridgehead atoms. The summed E-state index contributed by atoms with van der Waals surface area (Å²) in [5.41, 5.74) is 3.47. The summed E-state index contributed by atoms with van der Waals surface area (Å²) in [4.78, 5) is 0. The fourth-order valence-electron chi connectivity index (χ4n) is 2.54. The number of aryl methyl sites for hydroxylation is 2. The van der Waals surface area contributed by atoms with Crippen molar-refractivity contribution in [1.29, 1.82) is 0 Å². The second kappa shape index (κ2) is 5.08. The number of phenols is 1. The maximum atomic E-state index is 9.55. The standard InChI is InChI=1S/C17H18O3/c1-11-3-4-17-13(5-11)8-16(20-17)10-19-15-7-12(2)6-14(18)9-15/h3-7,9,16,18H,8,10H2,1-2H3. The molecule has 0 aromatic heterocycles. The molecule has 0 amide bonds. The maximum Gasteiger partial charge on any atom is 0.137 e. The highest BCUT2D eigenvalue weighted by atomic mass is 16.5. The largest absolute Gasteiger partial charge is 0.508 e. The maximum absolute atomic E-state index is 9.55. The molecule has 0 saturated carbocycles. The van der Waals surface area contributed by atoms with E-state index in [9.17, 15) is 5.11 Å². The summed E-state index contributed by atoms with van der Waals surface area (Å²) in [6, 6.07) is 11.5. The molecule has 20 heavy (non-hydrogen) atoms. The molecule has 1 heterocycles. The Bertz CT molecular complexity index is 614. The van der Waals surface area contributed by atoms with Gasteiger partial charge in [0.25, 0.3) is 0 Å². The van der Waals surface area contributed by atoms with Crippen LogP contribution in [0.5, 0.6) is 17.2 Å². The van der Waals surface area contributed by atoms with E-state index in [4.69, 9.17) is 9.47 Å². The van der Waals surface area contributed by atoms with Crippen LogP contribution in [-0.4, -0.2) is 17.8 Å². The summed E-state index contributed by atoms with van der Waals surface area (Å²) in [5, 5.41) is 9.55. The first-order valence-electron chi connectivity index (χ1n) is 6.80. The first kappa shape index (κ1) is 12.9. The Kier molecular flexibility index (Phi) is 3.26. The summed E-state index contributed by atoms with van der Waals surface area (Å²) in [5.74, 6) is 1.86. The van der Waals surface area contributed by atoms with Gasteiger partial charge in [-0.15, -0.1) is 0 Å². The van der Waals surface area contributed by atoms with Crippen LogP contribution in [0.2, 0.25) is 0 Å². The molecule has 0 radical (unpaired) electrons. The van der Waals surface area contributed by atoms with Crippen molar-refractivity contribution in [2.45, 2.75) is 26.4 Å². The molecule has 1 atom stereocenters. The molecule has 0 aliphatic carbocycles. The third kappa shape index (κ3) is 2.72. The Hall–Kier alpha value is -2.16. The van der Waals surface area contributed by atoms with Gasteiger partial charge in [0.15, 0.2) is 0 Å². The quantitative estimate of drug-likeness (QED) is 0.929. The smallest absolute Gasteiger partial charge is 0.137 e. The van der Waals surface area contributed by atoms with Crippen LogP contribution < -0.4 is 9.47 Å². The van der Waals surface area contributed by atoms with Crippen molar-refractivity contribution >= 4 is 0 Å². The summed E-state index contributed by atoms with van der Waals surface area (Å²) in [7, 11) is 0. The number of rotatable bonds is 3. The van der Waals surface area contributed by atoms with Crippen LogP contribution in [0.15, 0.2) is 36.4 Å². The molecule has 1 aliphatic rings. The van der Waals surface area contributed by atoms with Gasteiger partial charge in [0.05, 0.1) is 0 Å². The fourth-order valence-corrected chi connectivity index (χ4v) is 2.54. The van der Waals surface area contributed by atoms with Crippen molar-refractivity contribution in [3.63, 3.8) is 0 Å². The minimum atomic E-state index is 0.0365. The van der Waals surface area contributed by atoms with E-state index in [0.29, 0.717) is 12.4 Å². The van der Waals surface area contributed by atoms with Gasteiger partial charge in [-0.05, 0) is 43.2 Å². The van der Waals surface area contributed by atoms with Gasteiger partial charge in [-0.2, -0.15) is 0 Å². The first-order chi connectivity index (χ1) is 9.60. The molecule has 0 saturated heterocycles. The van der Waals surface area contributed by atoms with E-state index in [1.54, 1.807) is 12.1 Å². The molecule has 3 heteroatoms. The van der Waals surface area contributed by atoms with E-state index in [1.165, 1.54) is 11.1 Å². The molecule has 104 valence electrons. The zero-order valence-corrected chi connectivity index (χ0v) is 11.7. The minimum Gasteiger partial charge on any atom is -0.508 e. The lowest BCUT2D eigenvalue weighted by Crippen LogP contribution is -2.22. The predicted octanol–water partition coefficient (Wildman–Crippen LogP) is 3.39. The topological polar surface area (TPSA) is 38.7 Å². The highest BCUT2D eigenvalue weighted by molar-refractivity contribution is 5.40. The van der Waals surface area contributed by atoms with Gasteiger partial charge >= 0.3 is 0 Å². The zero-order valence-electron chi connectivity index (χ0n) is 11.7. The van der Waals surface area contributed by atoms with Crippen molar-refractivity contribution in [3.8, 4) is 17.2 Å². The highest BCUT2D eigenvalue weighted by Crippen LogP contribution is 2.30. The molecule has 2 aromatic carbocycles. The van der Waals surface area contributed by atoms with E-state index in [1.807, 2.05) is 19.1 Å². The van der Waals surface area contributed by atoms with Crippen molar-refractivity contribution in [1.82, 2.24) is 0 Å². The number of fused-ring (bicyclic) bond motifs is 1. The number of aromatic hydroxyl groups is 1. The van der Waals surface area contributed by atoms with Crippen LogP contribution in [-0.2, 0) is 6.42 Å². The van der Waals surface area contributed by atoms with Crippen molar-refractivity contribution in [3.05, 3.63) is 53.1 Å². The van der Waals surface area contributed by atoms with Crippen LogP contribution in [0.25, 0.3) is 0 Å². The van der Waals surface area contributed by atoms with Crippen LogP contribution in [0.1, 0.15) is 16.7 Å². The molecule has 1 N–H and O–H groups in total. The van der Waals surface area contributed by atoms with Crippen LogP contribution in [0.4, 0.5) is 0 Å². The van der Waals surface area contributed by atoms with Gasteiger partial charge in [0, 0.05) is 12.5 Å². The summed E-state index contributed by atoms with van der Waals surface area (Å²) in [6.07, 6.45) is 0.906. The summed E-state index contributed by atoms with van der Waals surface area (Å²) < 4.78 is 11.6. The molecule has 0 fully saturated rings. The Morgan fingerprint density at radius 3 is 2.80 bits per heavy atom. The Balaban J connectivity index is 1.63. The molecular weight excluding hydrogens is 252 g/mol. The summed E-state index contributed by atoms with van der Waals surface area (Å²) >= 11 is 0. The van der Waals surface area contributed by atoms with E-state index < -0.39 is 0 Å². The Labute approximate surface area is 118 Å². The molecule has 3 rings (SSSR count). The number of benzene rings is 2. The third-order valence-electron chi connectivity index (χ3n) is 3.43. The number of phenolic OH excluding ortho intramolecular Hbond substituents is 1. The van der Waals surface area contributed by atoms with E-state index >= 15 is 0 Å². The molecule has 2 aromatic rings. The normalized spacial score (nSPS) is 16.6. The lowest BCUT2D eigenvalue weighted by molar-refractivity contribution is 0.148. The Morgan fingerprint density at radius 1 is 1.15 bits per heavy atom. The average Bonchev–Trinajstić information content (AvgIpc) is 2.77. The van der Waals surface area contributed by atoms with Crippen LogP contribution in [0.3, 0.4) is 0 Å². The Morgan fingerprint density at radius 2 is 2.00 bits per heavy atom. The van der Waals surface area contributed by atoms with Gasteiger partial charge in [0.2, 0.25) is 0 Å². The lowest BCUT2D eigenvalue weighted by Gasteiger charge is -2.13. The zero-order chi connectivity index (χ0) is 14.1. The predicted molar refractivity (Wildman–Crippen MR) is 77.6 cm³/mol. The molecule has 1 unspecified atom stereocenters. The SMILES string of the molecule is Cc1cc(O)cc(OCC2Cc3cc(C)ccc3O2)c1. The monoisotopic (exact) mass is 270 g/mol. The minimum absolute atomic E-state index is 0.0365. The number of ether oxygens (including phenoxy) is 2.